The summed E-state index contributed by atoms with van der Waals surface area (Å²) in [5, 5.41) is 9.49. The maximum atomic E-state index is 9.49. The maximum absolute atomic E-state index is 9.49. The number of rotatable bonds is 3. The van der Waals surface area contributed by atoms with Gasteiger partial charge in [0.25, 0.3) is 0 Å². The topological polar surface area (TPSA) is 29.5 Å². The summed E-state index contributed by atoms with van der Waals surface area (Å²) < 4.78 is 4.84. The first-order valence-corrected chi connectivity index (χ1v) is 3.97. The van der Waals surface area contributed by atoms with Crippen molar-refractivity contribution in [1.82, 2.24) is 0 Å². The van der Waals surface area contributed by atoms with Crippen LogP contribution in [0, 0.1) is 6.92 Å². The fraction of sp³-hybridized carbons (Fsp3) is 0.400. The lowest BCUT2D eigenvalue weighted by Crippen LogP contribution is -2.04. The quantitative estimate of drug-likeness (QED) is 0.740. The molecule has 0 aromatic heterocycles. The summed E-state index contributed by atoms with van der Waals surface area (Å²) in [7, 11) is 1.58. The third kappa shape index (κ3) is 2.32. The molecule has 1 aromatic rings. The zero-order valence-corrected chi connectivity index (χ0v) is 7.45. The zero-order chi connectivity index (χ0) is 8.97. The Bertz CT molecular complexity index is 228. The normalized spacial score (nSPS) is 12.9. The summed E-state index contributed by atoms with van der Waals surface area (Å²) in [5.41, 5.74) is 2.10. The Morgan fingerprint density at radius 3 is 2.42 bits per heavy atom. The molecule has 0 aliphatic heterocycles. The SMILES string of the molecule is COCC(O)c1ccc(C)cc1. The van der Waals surface area contributed by atoms with Gasteiger partial charge in [-0.05, 0) is 12.5 Å². The van der Waals surface area contributed by atoms with Crippen molar-refractivity contribution in [2.45, 2.75) is 13.0 Å². The molecule has 1 rings (SSSR count). The van der Waals surface area contributed by atoms with Gasteiger partial charge in [-0.15, -0.1) is 0 Å². The molecule has 1 atom stereocenters. The van der Waals surface area contributed by atoms with Gasteiger partial charge in [-0.2, -0.15) is 0 Å². The van der Waals surface area contributed by atoms with E-state index in [-0.39, 0.29) is 0 Å². The number of methoxy groups -OCH3 is 1. The number of ether oxygens (including phenoxy) is 1. The van der Waals surface area contributed by atoms with E-state index in [1.807, 2.05) is 31.2 Å². The molecule has 1 N–H and O–H groups in total. The molecular weight excluding hydrogens is 152 g/mol. The first-order valence-electron chi connectivity index (χ1n) is 3.97. The molecule has 0 spiro atoms. The first kappa shape index (κ1) is 9.23. The molecule has 0 aliphatic rings. The number of benzene rings is 1. The van der Waals surface area contributed by atoms with Crippen LogP contribution in [0.25, 0.3) is 0 Å². The smallest absolute Gasteiger partial charge is 0.102 e. The molecule has 0 heterocycles. The maximum Gasteiger partial charge on any atom is 0.102 e. The molecule has 0 amide bonds. The van der Waals surface area contributed by atoms with Crippen LogP contribution in [0.3, 0.4) is 0 Å². The summed E-state index contributed by atoms with van der Waals surface area (Å²) in [4.78, 5) is 0. The van der Waals surface area contributed by atoms with Crippen molar-refractivity contribution in [2.24, 2.45) is 0 Å². The van der Waals surface area contributed by atoms with E-state index >= 15 is 0 Å². The number of hydrogen-bond donors (Lipinski definition) is 1. The highest BCUT2D eigenvalue weighted by Crippen LogP contribution is 2.13. The van der Waals surface area contributed by atoms with Gasteiger partial charge in [0, 0.05) is 7.11 Å². The first-order chi connectivity index (χ1) is 5.74. The molecule has 0 saturated heterocycles. The van der Waals surface area contributed by atoms with Crippen molar-refractivity contribution in [3.63, 3.8) is 0 Å². The van der Waals surface area contributed by atoms with Crippen LogP contribution in [0.1, 0.15) is 17.2 Å². The van der Waals surface area contributed by atoms with Crippen molar-refractivity contribution in [1.29, 1.82) is 0 Å². The lowest BCUT2D eigenvalue weighted by Gasteiger charge is -2.09. The summed E-state index contributed by atoms with van der Waals surface area (Å²) in [6.45, 7) is 2.37. The Balaban J connectivity index is 2.68. The Hall–Kier alpha value is -0.860. The highest BCUT2D eigenvalue weighted by atomic mass is 16.5. The van der Waals surface area contributed by atoms with Crippen LogP contribution in [0.2, 0.25) is 0 Å². The predicted octanol–water partition coefficient (Wildman–Crippen LogP) is 1.67. The molecule has 0 saturated carbocycles. The van der Waals surface area contributed by atoms with E-state index in [2.05, 4.69) is 0 Å². The zero-order valence-electron chi connectivity index (χ0n) is 7.45. The van der Waals surface area contributed by atoms with Crippen molar-refractivity contribution in [3.05, 3.63) is 35.4 Å². The lowest BCUT2D eigenvalue weighted by molar-refractivity contribution is 0.0644. The number of aliphatic hydroxyl groups is 1. The molecule has 1 aromatic carbocycles. The van der Waals surface area contributed by atoms with Gasteiger partial charge < -0.3 is 9.84 Å². The van der Waals surface area contributed by atoms with Gasteiger partial charge in [-0.1, -0.05) is 29.8 Å². The van der Waals surface area contributed by atoms with Crippen LogP contribution in [0.5, 0.6) is 0 Å². The largest absolute Gasteiger partial charge is 0.386 e. The van der Waals surface area contributed by atoms with E-state index in [0.29, 0.717) is 6.61 Å². The minimum absolute atomic E-state index is 0.350. The number of aryl methyl sites for hydroxylation is 1. The van der Waals surface area contributed by atoms with E-state index in [1.165, 1.54) is 5.56 Å². The molecule has 0 radical (unpaired) electrons. The summed E-state index contributed by atoms with van der Waals surface area (Å²) >= 11 is 0. The predicted molar refractivity (Wildman–Crippen MR) is 48.0 cm³/mol. The van der Waals surface area contributed by atoms with Crippen LogP contribution >= 0.6 is 0 Å². The fourth-order valence-corrected chi connectivity index (χ4v) is 1.04. The summed E-state index contributed by atoms with van der Waals surface area (Å²) in [6, 6.07) is 7.79. The highest BCUT2D eigenvalue weighted by Gasteiger charge is 2.04. The van der Waals surface area contributed by atoms with Gasteiger partial charge in [0.05, 0.1) is 6.61 Å². The van der Waals surface area contributed by atoms with Crippen LogP contribution in [0.15, 0.2) is 24.3 Å². The number of aliphatic hydroxyl groups excluding tert-OH is 1. The third-order valence-corrected chi connectivity index (χ3v) is 1.79. The van der Waals surface area contributed by atoms with Crippen LogP contribution < -0.4 is 0 Å². The molecule has 0 fully saturated rings. The second-order valence-electron chi connectivity index (χ2n) is 2.88. The summed E-state index contributed by atoms with van der Waals surface area (Å²) in [5.74, 6) is 0. The molecule has 0 aliphatic carbocycles. The van der Waals surface area contributed by atoms with Gasteiger partial charge in [-0.3, -0.25) is 0 Å². The van der Waals surface area contributed by atoms with E-state index in [1.54, 1.807) is 7.11 Å². The molecule has 66 valence electrons. The van der Waals surface area contributed by atoms with Crippen LogP contribution in [-0.2, 0) is 4.74 Å². The monoisotopic (exact) mass is 166 g/mol. The van der Waals surface area contributed by atoms with Crippen molar-refractivity contribution in [3.8, 4) is 0 Å². The average molecular weight is 166 g/mol. The van der Waals surface area contributed by atoms with E-state index in [4.69, 9.17) is 4.74 Å². The number of hydrogen-bond acceptors (Lipinski definition) is 2. The molecule has 2 heteroatoms. The van der Waals surface area contributed by atoms with Gasteiger partial charge in [0.2, 0.25) is 0 Å². The van der Waals surface area contributed by atoms with Gasteiger partial charge >= 0.3 is 0 Å². The minimum atomic E-state index is -0.504. The minimum Gasteiger partial charge on any atom is -0.386 e. The van der Waals surface area contributed by atoms with Crippen molar-refractivity contribution >= 4 is 0 Å². The van der Waals surface area contributed by atoms with Crippen LogP contribution in [0.4, 0.5) is 0 Å². The van der Waals surface area contributed by atoms with Crippen molar-refractivity contribution < 1.29 is 9.84 Å². The van der Waals surface area contributed by atoms with Gasteiger partial charge in [-0.25, -0.2) is 0 Å². The third-order valence-electron chi connectivity index (χ3n) is 1.79. The second kappa shape index (κ2) is 4.24. The van der Waals surface area contributed by atoms with E-state index in [9.17, 15) is 5.11 Å². The fourth-order valence-electron chi connectivity index (χ4n) is 1.04. The second-order valence-corrected chi connectivity index (χ2v) is 2.88. The Labute approximate surface area is 72.8 Å². The standard InChI is InChI=1S/C10H14O2/c1-8-3-5-9(6-4-8)10(11)7-12-2/h3-6,10-11H,7H2,1-2H3. The van der Waals surface area contributed by atoms with Gasteiger partial charge in [0.15, 0.2) is 0 Å². The lowest BCUT2D eigenvalue weighted by atomic mass is 10.1. The Morgan fingerprint density at radius 2 is 1.92 bits per heavy atom. The van der Waals surface area contributed by atoms with Crippen LogP contribution in [-0.4, -0.2) is 18.8 Å². The molecule has 2 nitrogen and oxygen atoms in total. The Morgan fingerprint density at radius 1 is 1.33 bits per heavy atom. The van der Waals surface area contributed by atoms with Crippen molar-refractivity contribution in [2.75, 3.05) is 13.7 Å². The molecule has 0 bridgehead atoms. The molecular formula is C10H14O2. The van der Waals surface area contributed by atoms with Gasteiger partial charge in [0.1, 0.15) is 6.10 Å². The molecule has 1 unspecified atom stereocenters. The summed E-state index contributed by atoms with van der Waals surface area (Å²) in [6.07, 6.45) is -0.504. The molecule has 12 heavy (non-hydrogen) atoms. The Kier molecular flexibility index (Phi) is 3.26. The van der Waals surface area contributed by atoms with E-state index in [0.717, 1.165) is 5.56 Å². The average Bonchev–Trinajstić information content (AvgIpc) is 2.06. The van der Waals surface area contributed by atoms with E-state index < -0.39 is 6.10 Å². The highest BCUT2D eigenvalue weighted by molar-refractivity contribution is 5.22.